The fourth-order valence-electron chi connectivity index (χ4n) is 1.48. The minimum Gasteiger partial charge on any atom is -0.465 e. The molecule has 4 nitrogen and oxygen atoms in total. The maximum atomic E-state index is 11.4. The van der Waals surface area contributed by atoms with Crippen molar-refractivity contribution in [1.82, 2.24) is 0 Å². The van der Waals surface area contributed by atoms with Crippen LogP contribution in [0.15, 0.2) is 30.3 Å². The van der Waals surface area contributed by atoms with Crippen LogP contribution in [0.3, 0.4) is 0 Å². The van der Waals surface area contributed by atoms with Gasteiger partial charge in [-0.05, 0) is 12.5 Å². The van der Waals surface area contributed by atoms with E-state index in [1.54, 1.807) is 31.2 Å². The van der Waals surface area contributed by atoms with E-state index in [0.717, 1.165) is 0 Å². The summed E-state index contributed by atoms with van der Waals surface area (Å²) in [5.74, 6) is -1.50. The number of esters is 1. The molecule has 4 heteroatoms. The van der Waals surface area contributed by atoms with Crippen LogP contribution in [0.1, 0.15) is 25.0 Å². The Morgan fingerprint density at radius 2 is 2.12 bits per heavy atom. The van der Waals surface area contributed by atoms with Gasteiger partial charge in [0.25, 0.3) is 0 Å². The molecule has 0 aromatic heterocycles. The highest BCUT2D eigenvalue weighted by Gasteiger charge is 2.23. The third-order valence-electron chi connectivity index (χ3n) is 2.37. The average Bonchev–Trinajstić information content (AvgIpc) is 2.37. The van der Waals surface area contributed by atoms with Crippen molar-refractivity contribution >= 4 is 5.97 Å². The molecule has 1 N–H and O–H groups in total. The molecule has 0 aliphatic heterocycles. The summed E-state index contributed by atoms with van der Waals surface area (Å²) in [6.07, 6.45) is -0.774. The van der Waals surface area contributed by atoms with Crippen molar-refractivity contribution in [2.45, 2.75) is 19.4 Å². The summed E-state index contributed by atoms with van der Waals surface area (Å²) in [6.45, 7) is 1.92. The highest BCUT2D eigenvalue weighted by Crippen LogP contribution is 2.21. The molecule has 0 radical (unpaired) electrons. The molecule has 0 amide bonds. The number of benzene rings is 1. The van der Waals surface area contributed by atoms with Gasteiger partial charge in [0.15, 0.2) is 0 Å². The minimum absolute atomic E-state index is 0.0549. The first-order valence-electron chi connectivity index (χ1n) is 5.48. The topological polar surface area (TPSA) is 70.3 Å². The maximum Gasteiger partial charge on any atom is 0.323 e. The molecule has 2 atom stereocenters. The van der Waals surface area contributed by atoms with Crippen molar-refractivity contribution in [3.05, 3.63) is 35.9 Å². The first-order chi connectivity index (χ1) is 8.19. The molecule has 1 aromatic carbocycles. The zero-order chi connectivity index (χ0) is 12.7. The van der Waals surface area contributed by atoms with Crippen LogP contribution in [0.2, 0.25) is 0 Å². The van der Waals surface area contributed by atoms with Gasteiger partial charge >= 0.3 is 5.97 Å². The number of aliphatic hydroxyl groups excluding tert-OH is 1. The fourth-order valence-corrected chi connectivity index (χ4v) is 1.48. The molecule has 0 fully saturated rings. The molecule has 0 saturated carbocycles. The number of carbonyl (C=O) groups excluding carboxylic acids is 1. The van der Waals surface area contributed by atoms with E-state index in [1.807, 2.05) is 12.1 Å². The Hall–Kier alpha value is -1.86. The third-order valence-corrected chi connectivity index (χ3v) is 2.37. The normalized spacial score (nSPS) is 13.5. The molecular weight excluding hydrogens is 218 g/mol. The Morgan fingerprint density at radius 3 is 2.65 bits per heavy atom. The number of ether oxygens (including phenoxy) is 1. The lowest BCUT2D eigenvalue weighted by molar-refractivity contribution is -0.146. The first kappa shape index (κ1) is 13.2. The van der Waals surface area contributed by atoms with Gasteiger partial charge in [0.05, 0.1) is 18.8 Å². The predicted molar refractivity (Wildman–Crippen MR) is 61.8 cm³/mol. The van der Waals surface area contributed by atoms with Gasteiger partial charge in [-0.3, -0.25) is 4.79 Å². The summed E-state index contributed by atoms with van der Waals surface area (Å²) in [4.78, 5) is 11.4. The maximum absolute atomic E-state index is 11.4. The Kier molecular flexibility index (Phi) is 5.18. The van der Waals surface area contributed by atoms with Gasteiger partial charge in [0, 0.05) is 6.42 Å². The van der Waals surface area contributed by atoms with Gasteiger partial charge in [0.2, 0.25) is 0 Å². The summed E-state index contributed by atoms with van der Waals surface area (Å²) in [5.41, 5.74) is 0.692. The molecule has 2 unspecified atom stereocenters. The SMILES string of the molecule is CCOC(=O)C(C#N)CC(O)c1ccccc1. The van der Waals surface area contributed by atoms with Crippen molar-refractivity contribution < 1.29 is 14.6 Å². The number of hydrogen-bond acceptors (Lipinski definition) is 4. The van der Waals surface area contributed by atoms with Crippen LogP contribution >= 0.6 is 0 Å². The smallest absolute Gasteiger partial charge is 0.323 e. The standard InChI is InChI=1S/C13H15NO3/c1-2-17-13(16)11(9-14)8-12(15)10-6-4-3-5-7-10/h3-7,11-12,15H,2,8H2,1H3. The van der Waals surface area contributed by atoms with Gasteiger partial charge in [-0.25, -0.2) is 0 Å². The Balaban J connectivity index is 2.64. The number of rotatable bonds is 5. The molecule has 17 heavy (non-hydrogen) atoms. The molecule has 1 aromatic rings. The van der Waals surface area contributed by atoms with Crippen LogP contribution in [0.25, 0.3) is 0 Å². The zero-order valence-corrected chi connectivity index (χ0v) is 9.67. The van der Waals surface area contributed by atoms with E-state index in [0.29, 0.717) is 5.56 Å². The van der Waals surface area contributed by atoms with Crippen LogP contribution in [0.5, 0.6) is 0 Å². The third kappa shape index (κ3) is 3.89. The van der Waals surface area contributed by atoms with Gasteiger partial charge < -0.3 is 9.84 Å². The van der Waals surface area contributed by atoms with Crippen LogP contribution in [-0.4, -0.2) is 17.7 Å². The quantitative estimate of drug-likeness (QED) is 0.787. The van der Waals surface area contributed by atoms with E-state index in [1.165, 1.54) is 0 Å². The van der Waals surface area contributed by atoms with Crippen LogP contribution in [0, 0.1) is 17.2 Å². The molecular formula is C13H15NO3. The summed E-state index contributed by atoms with van der Waals surface area (Å²) in [6, 6.07) is 10.8. The lowest BCUT2D eigenvalue weighted by Gasteiger charge is -2.13. The fraction of sp³-hybridized carbons (Fsp3) is 0.385. The van der Waals surface area contributed by atoms with Gasteiger partial charge in [-0.1, -0.05) is 30.3 Å². The van der Waals surface area contributed by atoms with Crippen molar-refractivity contribution in [3.63, 3.8) is 0 Å². The average molecular weight is 233 g/mol. The van der Waals surface area contributed by atoms with Crippen molar-refractivity contribution in [1.29, 1.82) is 5.26 Å². The van der Waals surface area contributed by atoms with Gasteiger partial charge in [0.1, 0.15) is 5.92 Å². The number of nitrogens with zero attached hydrogens (tertiary/aromatic N) is 1. The summed E-state index contributed by atoms with van der Waals surface area (Å²) in [7, 11) is 0. The van der Waals surface area contributed by atoms with Crippen LogP contribution < -0.4 is 0 Å². The number of carbonyl (C=O) groups is 1. The molecule has 0 aliphatic rings. The number of nitriles is 1. The summed E-state index contributed by atoms with van der Waals surface area (Å²) in [5, 5.41) is 18.7. The number of aliphatic hydroxyl groups is 1. The largest absolute Gasteiger partial charge is 0.465 e. The van der Waals surface area contributed by atoms with Gasteiger partial charge in [-0.2, -0.15) is 5.26 Å². The van der Waals surface area contributed by atoms with E-state index in [2.05, 4.69) is 0 Å². The molecule has 90 valence electrons. The van der Waals surface area contributed by atoms with E-state index >= 15 is 0 Å². The Labute approximate surface area is 100 Å². The molecule has 0 spiro atoms. The lowest BCUT2D eigenvalue weighted by atomic mass is 9.98. The molecule has 1 rings (SSSR count). The van der Waals surface area contributed by atoms with E-state index in [4.69, 9.17) is 10.00 Å². The lowest BCUT2D eigenvalue weighted by Crippen LogP contribution is -2.18. The second-order valence-corrected chi connectivity index (χ2v) is 3.60. The second kappa shape index (κ2) is 6.66. The monoisotopic (exact) mass is 233 g/mol. The molecule has 0 bridgehead atoms. The van der Waals surface area contributed by atoms with E-state index < -0.39 is 18.0 Å². The predicted octanol–water partition coefficient (Wildman–Crippen LogP) is 1.81. The first-order valence-corrected chi connectivity index (χ1v) is 5.48. The molecule has 0 heterocycles. The van der Waals surface area contributed by atoms with Crippen molar-refractivity contribution in [3.8, 4) is 6.07 Å². The van der Waals surface area contributed by atoms with Gasteiger partial charge in [-0.15, -0.1) is 0 Å². The van der Waals surface area contributed by atoms with Crippen LogP contribution in [0.4, 0.5) is 0 Å². The highest BCUT2D eigenvalue weighted by atomic mass is 16.5. The minimum atomic E-state index is -0.926. The molecule has 0 saturated heterocycles. The molecule has 0 aliphatic carbocycles. The Morgan fingerprint density at radius 1 is 1.47 bits per heavy atom. The van der Waals surface area contributed by atoms with E-state index in [9.17, 15) is 9.90 Å². The highest BCUT2D eigenvalue weighted by molar-refractivity contribution is 5.75. The van der Waals surface area contributed by atoms with Crippen molar-refractivity contribution in [2.75, 3.05) is 6.61 Å². The summed E-state index contributed by atoms with van der Waals surface area (Å²) < 4.78 is 4.76. The Bertz CT molecular complexity index is 397. The van der Waals surface area contributed by atoms with Crippen LogP contribution in [-0.2, 0) is 9.53 Å². The second-order valence-electron chi connectivity index (χ2n) is 3.60. The number of hydrogen-bond donors (Lipinski definition) is 1. The zero-order valence-electron chi connectivity index (χ0n) is 9.67. The summed E-state index contributed by atoms with van der Waals surface area (Å²) >= 11 is 0. The van der Waals surface area contributed by atoms with Crippen molar-refractivity contribution in [2.24, 2.45) is 5.92 Å². The van der Waals surface area contributed by atoms with E-state index in [-0.39, 0.29) is 13.0 Å².